The van der Waals surface area contributed by atoms with Gasteiger partial charge in [-0.1, -0.05) is 224 Å². The third kappa shape index (κ3) is 11.5. The second-order valence-corrected chi connectivity index (χ2v) is 31.9. The zero-order valence-corrected chi connectivity index (χ0v) is 67.6. The maximum atomic E-state index is 6.52. The van der Waals surface area contributed by atoms with Gasteiger partial charge in [0, 0.05) is 107 Å². The molecule has 0 saturated heterocycles. The lowest BCUT2D eigenvalue weighted by Crippen LogP contribution is -2.32. The lowest BCUT2D eigenvalue weighted by molar-refractivity contribution is -0.659. The van der Waals surface area contributed by atoms with Gasteiger partial charge in [-0.2, -0.15) is 13.7 Å². The van der Waals surface area contributed by atoms with Crippen LogP contribution >= 0.6 is 0 Å². The Morgan fingerprint density at radius 1 is 0.195 bits per heavy atom. The Balaban J connectivity index is 0.0000000978. The van der Waals surface area contributed by atoms with Gasteiger partial charge in [0.1, 0.15) is 72.9 Å². The number of para-hydroxylation sites is 2. The smallest absolute Gasteiger partial charge is 0.217 e. The van der Waals surface area contributed by atoms with Crippen LogP contribution in [0.15, 0.2) is 345 Å². The molecule has 8 heterocycles. The monoisotopic (exact) mass is 1520 g/mol. The van der Waals surface area contributed by atoms with Crippen molar-refractivity contribution in [2.75, 3.05) is 0 Å². The summed E-state index contributed by atoms with van der Waals surface area (Å²) in [6, 6.07) is 114. The number of aryl methyl sites for hydroxylation is 10. The van der Waals surface area contributed by atoms with Crippen molar-refractivity contribution in [3.63, 3.8) is 0 Å². The minimum absolute atomic E-state index is 0.939. The van der Waals surface area contributed by atoms with E-state index in [4.69, 9.17) is 17.7 Å². The van der Waals surface area contributed by atoms with E-state index >= 15 is 0 Å². The van der Waals surface area contributed by atoms with Gasteiger partial charge in [0.2, 0.25) is 39.3 Å². The standard InChI is InChI=1S/2C28H22NO.2C27H20NO/c1-17-12-14-22-27-21-10-5-4-8-19(21)13-15-25(27)30-28(22)26(17)24-16-18(2)20-9-6-7-11-23(20)29(24)3;1-17-7-6-10-23-20(17)14-15-24(29(23)3)26-18(2)11-13-22-27-21-9-5-4-8-19(21)12-16-25(27)30-28(22)26;1-17-11-14-21-26-20-9-5-3-7-18(20)13-16-24(26)29-27(21)25(17)23-15-12-19-8-4-6-10-22(19)28(23)2;1-17-11-13-22-26-21-10-6-5-7-18(21)12-14-24(26)29-27(22)25(17)23-15-19-8-3-4-9-20(19)16-28(23)2/h2*4-16H,1-3H3;2*3-16H,1-2H3/q4*+1. The van der Waals surface area contributed by atoms with Crippen LogP contribution in [0.1, 0.15) is 33.4 Å². The van der Waals surface area contributed by atoms with E-state index in [9.17, 15) is 0 Å². The van der Waals surface area contributed by atoms with Crippen molar-refractivity contribution in [1.82, 2.24) is 0 Å². The zero-order chi connectivity index (χ0) is 79.9. The second-order valence-electron chi connectivity index (χ2n) is 31.9. The quantitative estimate of drug-likeness (QED) is 0.165. The van der Waals surface area contributed by atoms with Gasteiger partial charge in [-0.25, -0.2) is 4.57 Å². The van der Waals surface area contributed by atoms with Gasteiger partial charge < -0.3 is 17.7 Å². The largest absolute Gasteiger partial charge is 0.455 e. The molecule has 8 nitrogen and oxygen atoms in total. The summed E-state index contributed by atoms with van der Waals surface area (Å²) < 4.78 is 35.0. The van der Waals surface area contributed by atoms with Crippen LogP contribution in [0, 0.1) is 41.5 Å². The molecule has 118 heavy (non-hydrogen) atoms. The van der Waals surface area contributed by atoms with Crippen LogP contribution in [0.3, 0.4) is 0 Å². The number of furan rings is 4. The average molecular weight is 1530 g/mol. The first kappa shape index (κ1) is 71.2. The van der Waals surface area contributed by atoms with Crippen LogP contribution in [0.4, 0.5) is 0 Å². The lowest BCUT2D eigenvalue weighted by atomic mass is 9.97. The van der Waals surface area contributed by atoms with Crippen LogP contribution in [0.25, 0.3) is 219 Å². The maximum Gasteiger partial charge on any atom is 0.217 e. The summed E-state index contributed by atoms with van der Waals surface area (Å²) in [7, 11) is 8.53. The number of rotatable bonds is 4. The first-order chi connectivity index (χ1) is 57.7. The fourth-order valence-corrected chi connectivity index (χ4v) is 18.9. The minimum atomic E-state index is 0.939. The van der Waals surface area contributed by atoms with Gasteiger partial charge in [0.25, 0.3) is 0 Å². The lowest BCUT2D eigenvalue weighted by Gasteiger charge is -2.09. The summed E-state index contributed by atoms with van der Waals surface area (Å²) in [4.78, 5) is 0. The Morgan fingerprint density at radius 3 is 0.941 bits per heavy atom. The normalized spacial score (nSPS) is 11.8. The number of aromatic nitrogens is 4. The summed E-state index contributed by atoms with van der Waals surface area (Å²) in [5.74, 6) is 0. The van der Waals surface area contributed by atoms with E-state index < -0.39 is 0 Å². The van der Waals surface area contributed by atoms with Gasteiger partial charge in [-0.3, -0.25) is 0 Å². The van der Waals surface area contributed by atoms with Gasteiger partial charge >= 0.3 is 0 Å². The number of hydrogen-bond donors (Lipinski definition) is 0. The third-order valence-electron chi connectivity index (χ3n) is 24.9. The van der Waals surface area contributed by atoms with Crippen LogP contribution in [0.5, 0.6) is 0 Å². The number of fused-ring (bicyclic) bond motifs is 24. The summed E-state index contributed by atoms with van der Waals surface area (Å²) in [5.41, 5.74) is 28.0. The Labute approximate surface area is 681 Å². The van der Waals surface area contributed by atoms with Crippen molar-refractivity contribution in [1.29, 1.82) is 0 Å². The maximum absolute atomic E-state index is 6.52. The predicted molar refractivity (Wildman–Crippen MR) is 490 cm³/mol. The van der Waals surface area contributed by atoms with Crippen LogP contribution in [-0.2, 0) is 28.2 Å². The van der Waals surface area contributed by atoms with Crippen LogP contribution in [-0.4, -0.2) is 0 Å². The number of nitrogens with zero attached hydrogens (tertiary/aromatic N) is 4. The van der Waals surface area contributed by atoms with Crippen molar-refractivity contribution in [3.8, 4) is 45.0 Å². The highest BCUT2D eigenvalue weighted by Gasteiger charge is 2.29. The highest BCUT2D eigenvalue weighted by molar-refractivity contribution is 6.25. The predicted octanol–water partition coefficient (Wildman–Crippen LogP) is 27.4. The summed E-state index contributed by atoms with van der Waals surface area (Å²) in [5, 5.41) is 25.7. The Morgan fingerprint density at radius 2 is 0.500 bits per heavy atom. The highest BCUT2D eigenvalue weighted by atomic mass is 16.3. The van der Waals surface area contributed by atoms with E-state index in [1.165, 1.54) is 186 Å². The van der Waals surface area contributed by atoms with E-state index in [1.54, 1.807) is 0 Å². The molecule has 0 bridgehead atoms. The summed E-state index contributed by atoms with van der Waals surface area (Å²) in [6.45, 7) is 13.0. The van der Waals surface area contributed by atoms with Gasteiger partial charge in [-0.05, 0) is 178 Å². The Hall–Kier alpha value is -14.6. The molecule has 24 aromatic rings. The first-order valence-corrected chi connectivity index (χ1v) is 40.6. The number of hydrogen-bond acceptors (Lipinski definition) is 4. The van der Waals surface area contributed by atoms with E-state index in [1.807, 2.05) is 0 Å². The summed E-state index contributed by atoms with van der Waals surface area (Å²) >= 11 is 0. The SMILES string of the molecule is Cc1ccc2c(oc3ccc4ccccc4c32)c1-c1cc(C)c2ccccc2[n+]1C.Cc1ccc2c(oc3ccc4ccccc4c32)c1-c1cc2ccccc2c[n+]1C.Cc1ccc2c(oc3ccc4ccccc4c32)c1-c1ccc2c(C)cccc2[n+]1C.Cc1ccc2c(oc3ccc4ccccc4c32)c1-c1ccc2ccccc2[n+]1C. The van der Waals surface area contributed by atoms with Crippen molar-refractivity contribution in [3.05, 3.63) is 361 Å². The van der Waals surface area contributed by atoms with Crippen molar-refractivity contribution in [2.45, 2.75) is 41.5 Å². The van der Waals surface area contributed by atoms with E-state index in [-0.39, 0.29) is 0 Å². The molecule has 0 saturated carbocycles. The van der Waals surface area contributed by atoms with E-state index in [2.05, 4.69) is 416 Å². The van der Waals surface area contributed by atoms with Crippen LogP contribution in [0.2, 0.25) is 0 Å². The fraction of sp³-hybridized carbons (Fsp3) is 0.0909. The zero-order valence-electron chi connectivity index (χ0n) is 67.6. The molecule has 0 atom stereocenters. The van der Waals surface area contributed by atoms with Gasteiger partial charge in [-0.15, -0.1) is 0 Å². The second kappa shape index (κ2) is 28.1. The molecular weight excluding hydrogens is 1440 g/mol. The molecular formula is C110H84N4O4+4. The number of benzene rings is 16. The molecule has 8 aromatic heterocycles. The average Bonchev–Trinajstić information content (AvgIpc) is 1.59. The molecule has 0 spiro atoms. The molecule has 0 fully saturated rings. The van der Waals surface area contributed by atoms with E-state index in [0.717, 1.165) is 67.2 Å². The van der Waals surface area contributed by atoms with Crippen molar-refractivity contribution < 1.29 is 35.9 Å². The molecule has 0 aliphatic rings. The van der Waals surface area contributed by atoms with E-state index in [0.29, 0.717) is 0 Å². The fourth-order valence-electron chi connectivity index (χ4n) is 18.9. The molecule has 0 radical (unpaired) electrons. The molecule has 0 aliphatic heterocycles. The molecule has 0 unspecified atom stereocenters. The molecule has 8 heteroatoms. The Kier molecular flexibility index (Phi) is 17.0. The first-order valence-electron chi connectivity index (χ1n) is 40.6. The molecule has 0 amide bonds. The molecule has 0 N–H and O–H groups in total. The van der Waals surface area contributed by atoms with Crippen molar-refractivity contribution in [2.24, 2.45) is 28.2 Å². The van der Waals surface area contributed by atoms with Crippen molar-refractivity contribution >= 4 is 174 Å². The molecule has 0 aliphatic carbocycles. The minimum Gasteiger partial charge on any atom is -0.455 e. The summed E-state index contributed by atoms with van der Waals surface area (Å²) in [6.07, 6.45) is 2.20. The van der Waals surface area contributed by atoms with Crippen LogP contribution < -0.4 is 18.3 Å². The topological polar surface area (TPSA) is 68.1 Å². The van der Waals surface area contributed by atoms with Gasteiger partial charge in [0.15, 0.2) is 6.20 Å². The molecule has 24 rings (SSSR count). The number of pyridine rings is 4. The highest BCUT2D eigenvalue weighted by Crippen LogP contribution is 2.46. The van der Waals surface area contributed by atoms with Gasteiger partial charge in [0.05, 0.1) is 22.3 Å². The molecule has 564 valence electrons. The third-order valence-corrected chi connectivity index (χ3v) is 24.9. The Bertz CT molecular complexity index is 8160. The molecule has 16 aromatic carbocycles.